The highest BCUT2D eigenvalue weighted by atomic mass is 16.5. The van der Waals surface area contributed by atoms with Crippen LogP contribution in [0.2, 0.25) is 0 Å². The topological polar surface area (TPSA) is 201 Å². The number of allylic oxidation sites excluding steroid dienone is 3. The van der Waals surface area contributed by atoms with Gasteiger partial charge in [-0.15, -0.1) is 0 Å². The van der Waals surface area contributed by atoms with Gasteiger partial charge in [0.15, 0.2) is 17.5 Å². The molecule has 13 heteroatoms. The van der Waals surface area contributed by atoms with Crippen LogP contribution in [0.1, 0.15) is 157 Å². The van der Waals surface area contributed by atoms with Crippen molar-refractivity contribution in [1.82, 2.24) is 10.6 Å². The number of nitrogens with two attached hydrogens (primary N) is 1. The molecule has 9 N–H and O–H groups in total. The van der Waals surface area contributed by atoms with E-state index in [4.69, 9.17) is 29.7 Å². The van der Waals surface area contributed by atoms with Crippen LogP contribution in [0.15, 0.2) is 65.7 Å². The summed E-state index contributed by atoms with van der Waals surface area (Å²) in [6, 6.07) is 11.4. The second kappa shape index (κ2) is 23.0. The number of nitrogens with zero attached hydrogens (tertiary/aromatic N) is 1. The molecule has 3 spiro atoms. The van der Waals surface area contributed by atoms with Crippen LogP contribution < -0.4 is 30.6 Å². The summed E-state index contributed by atoms with van der Waals surface area (Å²) in [6.45, 7) is 9.46. The molecule has 6 aliphatic heterocycles. The van der Waals surface area contributed by atoms with Crippen LogP contribution in [0.3, 0.4) is 0 Å². The van der Waals surface area contributed by atoms with E-state index < -0.39 is 18.3 Å². The van der Waals surface area contributed by atoms with E-state index in [9.17, 15) is 25.5 Å². The van der Waals surface area contributed by atoms with Gasteiger partial charge in [-0.05, 0) is 227 Å². The van der Waals surface area contributed by atoms with Gasteiger partial charge in [-0.25, -0.2) is 0 Å². The van der Waals surface area contributed by atoms with E-state index >= 15 is 0 Å². The highest BCUT2D eigenvalue weighted by Crippen LogP contribution is 2.69. The lowest BCUT2D eigenvalue weighted by atomic mass is 9.52. The number of aliphatic hydroxyl groups excluding tert-OH is 3. The van der Waals surface area contributed by atoms with E-state index in [1.165, 1.54) is 6.42 Å². The summed E-state index contributed by atoms with van der Waals surface area (Å²) in [5, 5.41) is 66.3. The van der Waals surface area contributed by atoms with Gasteiger partial charge in [0.1, 0.15) is 29.5 Å². The van der Waals surface area contributed by atoms with E-state index in [-0.39, 0.29) is 64.5 Å². The number of rotatable bonds is 7. The Morgan fingerprint density at radius 3 is 2.52 bits per heavy atom. The maximum absolute atomic E-state index is 13.0. The minimum Gasteiger partial charge on any atom is -0.508 e. The monoisotopic (exact) mass is 1110 g/mol. The van der Waals surface area contributed by atoms with E-state index in [0.29, 0.717) is 116 Å². The summed E-state index contributed by atoms with van der Waals surface area (Å²) in [7, 11) is 3.79. The Bertz CT molecular complexity index is 2870. The van der Waals surface area contributed by atoms with E-state index in [1.807, 2.05) is 24.3 Å². The summed E-state index contributed by atoms with van der Waals surface area (Å²) in [6.07, 6.45) is 23.0. The molecule has 3 aromatic rings. The standard InChI is InChI=1S/C68H94N4O9/c1-6-41-25-43-12-11-42(41)26-50(74)34-66(20-18-48-15-16-49-14-10-40(35-70-4)33-68(49)37-67(48,66)21-23-79-68)38-72-65(69)71-22-19-51-45(36-73)8-7-9-58(51)80-60-30-44(13-17-55(60)75)64-57(77)31-54-59(81-64)32-61(78-5)63-53-28-47(24-39(2)3)56(76)29-46(53)27-52(43)62(54)63/h11-13,15-17,28-30,32,39-43,45,48-52,57-58,64,70,73-77H,6-10,14,18-27,31,33-38H2,1-5H3,(H3,69,71,72)/t40-,41-,42+,43+,45+,48+,49+,50-,51-,52+,57+,58-,64-,66-,67+,68+/m0/s1. The lowest BCUT2D eigenvalue weighted by Crippen LogP contribution is -2.58. The fraction of sp³-hybridized carbons (Fsp3) is 0.662. The average Bonchev–Trinajstić information content (AvgIpc) is 3.00. The Hall–Kier alpha value is -4.79. The van der Waals surface area contributed by atoms with Crippen molar-refractivity contribution in [2.45, 2.75) is 172 Å². The number of guanidine groups is 1. The number of nitrogens with one attached hydrogen (secondary N) is 2. The van der Waals surface area contributed by atoms with Gasteiger partial charge in [-0.2, -0.15) is 0 Å². The van der Waals surface area contributed by atoms with Crippen molar-refractivity contribution in [1.29, 1.82) is 0 Å². The first-order chi connectivity index (χ1) is 39.2. The van der Waals surface area contributed by atoms with Crippen molar-refractivity contribution in [3.05, 3.63) is 88.5 Å². The Morgan fingerprint density at radius 2 is 1.72 bits per heavy atom. The normalized spacial score (nSPS) is 37.2. The maximum Gasteiger partial charge on any atom is 0.188 e. The number of aromatic hydroxyl groups is 2. The molecule has 1 saturated heterocycles. The number of phenolic OH excluding ortho intramolecular Hbond substituents is 2. The fourth-order valence-electron chi connectivity index (χ4n) is 18.6. The molecular formula is C68H94N4O9. The molecule has 6 aliphatic carbocycles. The van der Waals surface area contributed by atoms with Crippen molar-refractivity contribution in [3.8, 4) is 39.9 Å². The predicted octanol–water partition coefficient (Wildman–Crippen LogP) is 10.6. The Balaban J connectivity index is 0.954. The van der Waals surface area contributed by atoms with Crippen LogP contribution in [-0.4, -0.2) is 102 Å². The van der Waals surface area contributed by atoms with Gasteiger partial charge in [0.25, 0.3) is 0 Å². The molecule has 0 amide bonds. The summed E-state index contributed by atoms with van der Waals surface area (Å²) >= 11 is 0. The smallest absolute Gasteiger partial charge is 0.188 e. The van der Waals surface area contributed by atoms with Gasteiger partial charge in [0.05, 0.1) is 24.9 Å². The molecule has 15 rings (SSSR count). The lowest BCUT2D eigenvalue weighted by molar-refractivity contribution is -0.198. The molecule has 10 bridgehead atoms. The highest BCUT2D eigenvalue weighted by Gasteiger charge is 2.66. The van der Waals surface area contributed by atoms with E-state index in [2.05, 4.69) is 68.8 Å². The number of methoxy groups -OCH3 is 1. The molecule has 0 unspecified atom stereocenters. The van der Waals surface area contributed by atoms with Gasteiger partial charge in [-0.1, -0.05) is 57.6 Å². The van der Waals surface area contributed by atoms with Crippen LogP contribution in [0.5, 0.6) is 28.7 Å². The molecule has 3 aromatic carbocycles. The summed E-state index contributed by atoms with van der Waals surface area (Å²) in [4.78, 5) is 5.33. The SMILES string of the molecule is CC[C@H]1C[C@H]2C=C[C@@H]1C[C@H](O)C[C@@]1(CC[C@H]3C=C[C@H]4CC[C@H](CNC)C[C@@]45C[C@]31CCO5)CN=C(N)NCC[C@H]1[C@@H](CO)CCC[C@@H]1Oc1cc(ccc1O)[C@@H]1Oc3cc(OC)c4c(c3C[C@H]1O)[C@@H]2Cc1cc(O)c(CC(C)C)cc1-4. The molecule has 0 radical (unpaired) electrons. The third kappa shape index (κ3) is 10.4. The summed E-state index contributed by atoms with van der Waals surface area (Å²) in [5.41, 5.74) is 13.2. The van der Waals surface area contributed by atoms with Gasteiger partial charge >= 0.3 is 0 Å². The van der Waals surface area contributed by atoms with Crippen molar-refractivity contribution < 1.29 is 44.5 Å². The van der Waals surface area contributed by atoms with Crippen LogP contribution >= 0.6 is 0 Å². The van der Waals surface area contributed by atoms with Gasteiger partial charge in [0, 0.05) is 61.8 Å². The number of hydrogen-bond acceptors (Lipinski definition) is 13. The number of aliphatic imine (C=N–C) groups is 1. The van der Waals surface area contributed by atoms with Crippen molar-refractivity contribution in [3.63, 3.8) is 0 Å². The number of benzene rings is 3. The van der Waals surface area contributed by atoms with Crippen LogP contribution in [0.25, 0.3) is 11.1 Å². The molecule has 3 saturated carbocycles. The Morgan fingerprint density at radius 1 is 0.877 bits per heavy atom. The molecule has 6 heterocycles. The van der Waals surface area contributed by atoms with Crippen LogP contribution in [0.4, 0.5) is 0 Å². The van der Waals surface area contributed by atoms with Crippen molar-refractivity contribution in [2.24, 2.45) is 74.8 Å². The quantitative estimate of drug-likeness (QED) is 0.104. The molecular weight excluding hydrogens is 1020 g/mol. The predicted molar refractivity (Wildman–Crippen MR) is 317 cm³/mol. The molecule has 81 heavy (non-hydrogen) atoms. The van der Waals surface area contributed by atoms with E-state index in [0.717, 1.165) is 117 Å². The molecule has 12 aliphatic rings. The molecule has 16 atom stereocenters. The summed E-state index contributed by atoms with van der Waals surface area (Å²) in [5.74, 6) is 4.65. The minimum atomic E-state index is -0.919. The second-order valence-electron chi connectivity index (χ2n) is 27.4. The zero-order valence-corrected chi connectivity index (χ0v) is 49.0. The van der Waals surface area contributed by atoms with Crippen LogP contribution in [-0.2, 0) is 24.0 Å². The zero-order valence-electron chi connectivity index (χ0n) is 49.0. The first kappa shape index (κ1) is 56.7. The molecule has 4 fully saturated rings. The average molecular weight is 1110 g/mol. The largest absolute Gasteiger partial charge is 0.508 e. The maximum atomic E-state index is 13.0. The Kier molecular flexibility index (Phi) is 16.1. The van der Waals surface area contributed by atoms with Crippen molar-refractivity contribution in [2.75, 3.05) is 47.0 Å². The third-order valence-corrected chi connectivity index (χ3v) is 22.5. The van der Waals surface area contributed by atoms with E-state index in [1.54, 1.807) is 13.2 Å². The number of ether oxygens (including phenoxy) is 4. The van der Waals surface area contributed by atoms with Gasteiger partial charge in [-0.3, -0.25) is 4.99 Å². The fourth-order valence-corrected chi connectivity index (χ4v) is 18.6. The minimum absolute atomic E-state index is 0.00205. The molecule has 0 aromatic heterocycles. The zero-order chi connectivity index (χ0) is 56.4. The molecule has 440 valence electrons. The highest BCUT2D eigenvalue weighted by molar-refractivity contribution is 5.84. The number of fused-ring (bicyclic) bond motifs is 2. The van der Waals surface area contributed by atoms with Crippen molar-refractivity contribution >= 4 is 5.96 Å². The van der Waals surface area contributed by atoms with Gasteiger partial charge in [0.2, 0.25) is 0 Å². The first-order valence-electron chi connectivity index (χ1n) is 31.6. The number of aliphatic hydroxyl groups is 3. The number of hydrogen-bond donors (Lipinski definition) is 8. The second-order valence-corrected chi connectivity index (χ2v) is 27.4. The lowest BCUT2D eigenvalue weighted by Gasteiger charge is -2.58. The molecule has 13 nitrogen and oxygen atoms in total. The summed E-state index contributed by atoms with van der Waals surface area (Å²) < 4.78 is 27.4. The van der Waals surface area contributed by atoms with Gasteiger partial charge < -0.3 is 60.8 Å². The Labute approximate surface area is 481 Å². The third-order valence-electron chi connectivity index (χ3n) is 22.5. The van der Waals surface area contributed by atoms with Crippen LogP contribution in [0, 0.1) is 64.1 Å². The number of phenols is 2. The first-order valence-corrected chi connectivity index (χ1v) is 31.6.